The normalized spacial score (nSPS) is 11.5. The number of unbranched alkanes of at least 4 members (excludes halogenated alkanes) is 7. The van der Waals surface area contributed by atoms with Crippen LogP contribution >= 0.6 is 7.26 Å². The van der Waals surface area contributed by atoms with Gasteiger partial charge in [-0.2, -0.15) is 0 Å². The summed E-state index contributed by atoms with van der Waals surface area (Å²) in [4.78, 5) is 12.8. The molecule has 5 aromatic carbocycles. The summed E-state index contributed by atoms with van der Waals surface area (Å²) in [7, 11) is -1.73. The molecule has 0 N–H and O–H groups in total. The zero-order chi connectivity index (χ0) is 33.6. The third kappa shape index (κ3) is 9.12. The smallest absolute Gasteiger partial charge is 0.311 e. The summed E-state index contributed by atoms with van der Waals surface area (Å²) in [6.45, 7) is 6.41. The Morgan fingerprint density at radius 2 is 1.02 bits per heavy atom. The predicted octanol–water partition coefficient (Wildman–Crippen LogP) is 11.2. The molecule has 3 heteroatoms. The van der Waals surface area contributed by atoms with Gasteiger partial charge in [0.25, 0.3) is 0 Å². The van der Waals surface area contributed by atoms with Crippen LogP contribution < -0.4 is 20.7 Å². The van der Waals surface area contributed by atoms with Crippen LogP contribution in [0.1, 0.15) is 88.7 Å². The molecular formula is C45H52O2P+. The highest BCUT2D eigenvalue weighted by Crippen LogP contribution is 2.56. The lowest BCUT2D eigenvalue weighted by Gasteiger charge is -2.27. The molecule has 0 fully saturated rings. The zero-order valence-electron chi connectivity index (χ0n) is 29.1. The molecule has 0 unspecified atom stereocenters. The minimum Gasteiger partial charge on any atom is -0.426 e. The van der Waals surface area contributed by atoms with Gasteiger partial charge in [0.2, 0.25) is 0 Å². The first kappa shape index (κ1) is 35.3. The SMILES string of the molecule is Cc1cc(OC(=O)CCCCCCCCCC[P+](c2ccccc2)(c2ccccc2)c2ccccc2)c(C(C)C)cc1-c1ccccc1. The molecule has 5 aromatic rings. The van der Waals surface area contributed by atoms with E-state index in [4.69, 9.17) is 4.74 Å². The Morgan fingerprint density at radius 1 is 0.583 bits per heavy atom. The monoisotopic (exact) mass is 655 g/mol. The fourth-order valence-electron chi connectivity index (χ4n) is 6.90. The molecule has 48 heavy (non-hydrogen) atoms. The summed E-state index contributed by atoms with van der Waals surface area (Å²) in [6.07, 6.45) is 11.0. The lowest BCUT2D eigenvalue weighted by atomic mass is 9.93. The Bertz CT molecular complexity index is 1580. The molecule has 0 aliphatic heterocycles. The summed E-state index contributed by atoms with van der Waals surface area (Å²) in [5.74, 6) is 0.862. The van der Waals surface area contributed by atoms with E-state index >= 15 is 0 Å². The summed E-state index contributed by atoms with van der Waals surface area (Å²) in [5.41, 5.74) is 4.60. The minimum absolute atomic E-state index is 0.120. The Labute approximate surface area is 289 Å². The van der Waals surface area contributed by atoms with Crippen molar-refractivity contribution in [3.8, 4) is 16.9 Å². The Hall–Kier alpha value is -4.00. The molecule has 0 radical (unpaired) electrons. The van der Waals surface area contributed by atoms with E-state index in [1.54, 1.807) is 0 Å². The molecule has 0 aromatic heterocycles. The van der Waals surface area contributed by atoms with Crippen LogP contribution in [-0.2, 0) is 4.79 Å². The molecule has 0 atom stereocenters. The Balaban J connectivity index is 1.06. The number of hydrogen-bond acceptors (Lipinski definition) is 2. The zero-order valence-corrected chi connectivity index (χ0v) is 30.0. The van der Waals surface area contributed by atoms with Gasteiger partial charge in [-0.1, -0.05) is 131 Å². The first-order chi connectivity index (χ1) is 23.5. The van der Waals surface area contributed by atoms with Crippen molar-refractivity contribution in [2.75, 3.05) is 6.16 Å². The van der Waals surface area contributed by atoms with E-state index in [0.717, 1.165) is 24.0 Å². The van der Waals surface area contributed by atoms with Crippen molar-refractivity contribution < 1.29 is 9.53 Å². The van der Waals surface area contributed by atoms with Crippen molar-refractivity contribution in [2.45, 2.75) is 84.5 Å². The van der Waals surface area contributed by atoms with Gasteiger partial charge in [-0.25, -0.2) is 0 Å². The second-order valence-electron chi connectivity index (χ2n) is 13.3. The fourth-order valence-corrected chi connectivity index (χ4v) is 11.3. The van der Waals surface area contributed by atoms with E-state index in [9.17, 15) is 4.79 Å². The van der Waals surface area contributed by atoms with E-state index in [1.807, 2.05) is 12.1 Å². The topological polar surface area (TPSA) is 26.3 Å². The highest BCUT2D eigenvalue weighted by molar-refractivity contribution is 7.95. The highest BCUT2D eigenvalue weighted by atomic mass is 31.2. The number of benzene rings is 5. The van der Waals surface area contributed by atoms with Crippen LogP contribution in [-0.4, -0.2) is 12.1 Å². The first-order valence-electron chi connectivity index (χ1n) is 17.9. The van der Waals surface area contributed by atoms with Gasteiger partial charge in [0, 0.05) is 6.42 Å². The third-order valence-corrected chi connectivity index (χ3v) is 14.0. The molecule has 0 spiro atoms. The predicted molar refractivity (Wildman–Crippen MR) is 208 cm³/mol. The molecule has 5 rings (SSSR count). The average molecular weight is 656 g/mol. The number of ether oxygens (including phenoxy) is 1. The molecule has 0 aliphatic rings. The molecule has 0 heterocycles. The van der Waals surface area contributed by atoms with Crippen molar-refractivity contribution in [3.63, 3.8) is 0 Å². The van der Waals surface area contributed by atoms with Crippen LogP contribution in [0.3, 0.4) is 0 Å². The van der Waals surface area contributed by atoms with Crippen LogP contribution in [0.15, 0.2) is 133 Å². The molecular weight excluding hydrogens is 603 g/mol. The van der Waals surface area contributed by atoms with Gasteiger partial charge in [-0.15, -0.1) is 0 Å². The summed E-state index contributed by atoms with van der Waals surface area (Å²) in [6, 6.07) is 48.3. The minimum atomic E-state index is -1.73. The van der Waals surface area contributed by atoms with Gasteiger partial charge in [-0.05, 0) is 103 Å². The molecule has 248 valence electrons. The quantitative estimate of drug-likeness (QED) is 0.0431. The van der Waals surface area contributed by atoms with Crippen molar-refractivity contribution >= 4 is 29.1 Å². The maximum absolute atomic E-state index is 12.8. The number of aryl methyl sites for hydroxylation is 1. The molecule has 0 amide bonds. The molecule has 2 nitrogen and oxygen atoms in total. The number of carbonyl (C=O) groups is 1. The highest BCUT2D eigenvalue weighted by Gasteiger charge is 2.44. The van der Waals surface area contributed by atoms with E-state index < -0.39 is 7.26 Å². The second kappa shape index (κ2) is 18.0. The molecule has 0 bridgehead atoms. The fraction of sp³-hybridized carbons (Fsp3) is 0.311. The summed E-state index contributed by atoms with van der Waals surface area (Å²) < 4.78 is 5.94. The van der Waals surface area contributed by atoms with Crippen molar-refractivity contribution in [3.05, 3.63) is 145 Å². The number of hydrogen-bond donors (Lipinski definition) is 0. The number of carbonyl (C=O) groups excluding carboxylic acids is 1. The standard InChI is InChI=1S/C45H52O2P/c1-36(2)42-35-43(38-24-14-10-15-25-38)37(3)34-44(42)47-45(46)32-22-8-6-4-5-7-9-23-33-48(39-26-16-11-17-27-39,40-28-18-12-19-29-40)41-30-20-13-21-31-41/h10-21,24-31,34-36H,4-9,22-23,32-33H2,1-3H3/q+1. The van der Waals surface area contributed by atoms with Crippen LogP contribution in [0, 0.1) is 6.92 Å². The van der Waals surface area contributed by atoms with E-state index in [0.29, 0.717) is 12.2 Å². The van der Waals surface area contributed by atoms with Gasteiger partial charge >= 0.3 is 5.97 Å². The molecule has 0 saturated heterocycles. The second-order valence-corrected chi connectivity index (χ2v) is 16.9. The lowest BCUT2D eigenvalue weighted by Crippen LogP contribution is -2.33. The van der Waals surface area contributed by atoms with E-state index in [1.165, 1.54) is 71.7 Å². The summed E-state index contributed by atoms with van der Waals surface area (Å²) >= 11 is 0. The first-order valence-corrected chi connectivity index (χ1v) is 19.9. The third-order valence-electron chi connectivity index (χ3n) is 9.50. The molecule has 0 saturated carbocycles. The number of rotatable bonds is 17. The maximum atomic E-state index is 12.8. The van der Waals surface area contributed by atoms with Crippen molar-refractivity contribution in [1.29, 1.82) is 0 Å². The van der Waals surface area contributed by atoms with Gasteiger partial charge in [-0.3, -0.25) is 4.79 Å². The van der Waals surface area contributed by atoms with Gasteiger partial charge in [0.15, 0.2) is 0 Å². The van der Waals surface area contributed by atoms with Gasteiger partial charge < -0.3 is 4.74 Å². The van der Waals surface area contributed by atoms with Crippen LogP contribution in [0.5, 0.6) is 5.75 Å². The number of esters is 1. The van der Waals surface area contributed by atoms with Gasteiger partial charge in [0.1, 0.15) is 28.9 Å². The van der Waals surface area contributed by atoms with Crippen LogP contribution in [0.4, 0.5) is 0 Å². The van der Waals surface area contributed by atoms with Crippen LogP contribution in [0.2, 0.25) is 0 Å². The average Bonchev–Trinajstić information content (AvgIpc) is 3.12. The molecule has 0 aliphatic carbocycles. The van der Waals surface area contributed by atoms with Crippen molar-refractivity contribution in [2.24, 2.45) is 0 Å². The van der Waals surface area contributed by atoms with Crippen molar-refractivity contribution in [1.82, 2.24) is 0 Å². The van der Waals surface area contributed by atoms with E-state index in [-0.39, 0.29) is 11.9 Å². The Kier molecular flexibility index (Phi) is 13.2. The lowest BCUT2D eigenvalue weighted by molar-refractivity contribution is -0.134. The maximum Gasteiger partial charge on any atom is 0.311 e. The van der Waals surface area contributed by atoms with Crippen LogP contribution in [0.25, 0.3) is 11.1 Å². The largest absolute Gasteiger partial charge is 0.426 e. The van der Waals surface area contributed by atoms with Gasteiger partial charge in [0.05, 0.1) is 6.16 Å². The summed E-state index contributed by atoms with van der Waals surface area (Å²) in [5, 5.41) is 4.42. The Morgan fingerprint density at radius 3 is 1.50 bits per heavy atom. The van der Waals surface area contributed by atoms with E-state index in [2.05, 4.69) is 142 Å².